The van der Waals surface area contributed by atoms with Crippen LogP contribution in [0.15, 0.2) is 42.5 Å². The molecule has 0 unspecified atom stereocenters. The molecular weight excluding hydrogens is 805 g/mol. The summed E-state index contributed by atoms with van der Waals surface area (Å²) >= 11 is 12.9. The molecule has 0 aromatic heterocycles. The minimum Gasteiger partial charge on any atom is -0.456 e. The van der Waals surface area contributed by atoms with Crippen LogP contribution in [-0.4, -0.2) is 142 Å². The maximum Gasteiger partial charge on any atom is 0.316 e. The minimum atomic E-state index is -2.08. The quantitative estimate of drug-likeness (QED) is 0.174. The van der Waals surface area contributed by atoms with E-state index < -0.39 is 90.2 Å². The molecule has 59 heavy (non-hydrogen) atoms. The van der Waals surface area contributed by atoms with E-state index in [1.165, 1.54) is 20.8 Å². The molecule has 0 radical (unpaired) electrons. The van der Waals surface area contributed by atoms with Gasteiger partial charge in [0.15, 0.2) is 24.3 Å². The number of esters is 2. The Hall–Kier alpha value is -2.89. The summed E-state index contributed by atoms with van der Waals surface area (Å²) in [4.78, 5) is 45.4. The average molecular weight is 869 g/mol. The first kappa shape index (κ1) is 48.8. The SMILES string of the molecule is C[C@H]1CN(C)[C@H](C)[C@@H](O)[C@](C)(O)[C@@H](CO)OC(=O)[C@H](C)C(=O)[C@H](C)[C@@H](O[C@@H]2O[C@H](C)C[C@H](N(C)C)[C@H]2OC(=O)Cc2ccccc2Nc2c(Cl)cccc2Cl)[C@](C)(O)C1. The number of Topliss-reactive ketones (excluding diaryl/α,β-unsaturated/α-hetero) is 1. The number of nitrogens with one attached hydrogen (secondary N) is 1. The molecule has 2 aliphatic heterocycles. The lowest BCUT2D eigenvalue weighted by Crippen LogP contribution is -2.60. The highest BCUT2D eigenvalue weighted by Crippen LogP contribution is 2.37. The zero-order valence-corrected chi connectivity index (χ0v) is 37.2. The number of ether oxygens (including phenoxy) is 4. The molecule has 2 aromatic rings. The van der Waals surface area contributed by atoms with Crippen molar-refractivity contribution in [2.75, 3.05) is 39.6 Å². The lowest BCUT2D eigenvalue weighted by Gasteiger charge is -2.46. The number of likely N-dealkylation sites (N-methyl/N-ethyl adjacent to an activating group) is 2. The lowest BCUT2D eigenvalue weighted by atomic mass is 9.78. The molecule has 330 valence electrons. The van der Waals surface area contributed by atoms with Crippen LogP contribution in [0.3, 0.4) is 0 Å². The van der Waals surface area contributed by atoms with Gasteiger partial charge in [-0.1, -0.05) is 61.3 Å². The highest BCUT2D eigenvalue weighted by atomic mass is 35.5. The number of benzene rings is 2. The summed E-state index contributed by atoms with van der Waals surface area (Å²) in [5.41, 5.74) is -2.13. The van der Waals surface area contributed by atoms with Crippen molar-refractivity contribution in [2.24, 2.45) is 17.8 Å². The molecule has 0 spiro atoms. The molecule has 2 heterocycles. The fourth-order valence-electron chi connectivity index (χ4n) is 8.32. The van der Waals surface area contributed by atoms with E-state index in [-0.39, 0.29) is 24.9 Å². The normalized spacial score (nSPS) is 35.7. The Morgan fingerprint density at radius 3 is 2.25 bits per heavy atom. The molecule has 5 N–H and O–H groups in total. The van der Waals surface area contributed by atoms with E-state index in [4.69, 9.17) is 42.1 Å². The van der Waals surface area contributed by atoms with E-state index in [1.54, 1.807) is 62.2 Å². The number of hydrogen-bond acceptors (Lipinski definition) is 14. The van der Waals surface area contributed by atoms with Crippen molar-refractivity contribution in [1.82, 2.24) is 9.80 Å². The number of aliphatic hydroxyl groups excluding tert-OH is 2. The molecule has 16 heteroatoms. The van der Waals surface area contributed by atoms with Gasteiger partial charge in [0.2, 0.25) is 0 Å². The predicted molar refractivity (Wildman–Crippen MR) is 224 cm³/mol. The first-order valence-electron chi connectivity index (χ1n) is 20.1. The van der Waals surface area contributed by atoms with E-state index in [0.29, 0.717) is 39.9 Å². The van der Waals surface area contributed by atoms with Crippen LogP contribution in [0.4, 0.5) is 11.4 Å². The standard InChI is InChI=1S/C43H63Cl2N3O11/c1-23-20-42(6,54)39(25(3)36(51)26(4)40(53)57-33(22-49)43(7,55)38(52)27(5)48(10)21-23)59-41-37(32(47(8)9)18-24(2)56-41)58-34(50)19-28-14-11-12-17-31(28)46-35-29(44)15-13-16-30(35)45/h11-17,23-27,32-33,37-39,41,46,49,52,54-55H,18-22H2,1-10H3/t23-,24-,25+,26-,27-,32+,33-,37-,38-,39-,41+,42-,43-/m1/s1. The van der Waals surface area contributed by atoms with Crippen LogP contribution in [0.1, 0.15) is 66.9 Å². The summed E-state index contributed by atoms with van der Waals surface area (Å²) in [5.74, 6) is -5.12. The van der Waals surface area contributed by atoms with Gasteiger partial charge in [-0.15, -0.1) is 0 Å². The summed E-state index contributed by atoms with van der Waals surface area (Å²) in [6.07, 6.45) is -6.59. The fourth-order valence-corrected chi connectivity index (χ4v) is 8.81. The van der Waals surface area contributed by atoms with Crippen molar-refractivity contribution >= 4 is 52.3 Å². The zero-order chi connectivity index (χ0) is 44.1. The van der Waals surface area contributed by atoms with E-state index in [0.717, 1.165) is 0 Å². The Kier molecular flexibility index (Phi) is 16.8. The van der Waals surface area contributed by atoms with E-state index in [1.807, 2.05) is 38.9 Å². The maximum atomic E-state index is 14.2. The summed E-state index contributed by atoms with van der Waals surface area (Å²) < 4.78 is 24.8. The molecule has 2 fully saturated rings. The summed E-state index contributed by atoms with van der Waals surface area (Å²) in [5, 5.41) is 49.2. The average Bonchev–Trinajstić information content (AvgIpc) is 3.16. The van der Waals surface area contributed by atoms with E-state index >= 15 is 0 Å². The topological polar surface area (TPSA) is 188 Å². The van der Waals surface area contributed by atoms with Gasteiger partial charge in [-0.2, -0.15) is 0 Å². The number of nitrogens with zero attached hydrogens (tertiary/aromatic N) is 2. The molecular formula is C43H63Cl2N3O11. The largest absolute Gasteiger partial charge is 0.456 e. The molecule has 2 aliphatic rings. The first-order chi connectivity index (χ1) is 27.5. The van der Waals surface area contributed by atoms with Crippen molar-refractivity contribution in [1.29, 1.82) is 0 Å². The number of aliphatic hydroxyl groups is 4. The molecule has 0 aliphatic carbocycles. The second-order valence-corrected chi connectivity index (χ2v) is 18.0. The monoisotopic (exact) mass is 867 g/mol. The van der Waals surface area contributed by atoms with Gasteiger partial charge in [0.1, 0.15) is 17.6 Å². The molecule has 4 rings (SSSR count). The first-order valence-corrected chi connectivity index (χ1v) is 20.9. The summed E-state index contributed by atoms with van der Waals surface area (Å²) in [6, 6.07) is 11.2. The zero-order valence-electron chi connectivity index (χ0n) is 35.7. The van der Waals surface area contributed by atoms with Crippen LogP contribution in [-0.2, 0) is 39.8 Å². The Labute approximate surface area is 358 Å². The van der Waals surface area contributed by atoms with Gasteiger partial charge >= 0.3 is 11.9 Å². The second kappa shape index (κ2) is 20.3. The van der Waals surface area contributed by atoms with Crippen LogP contribution in [0.25, 0.3) is 0 Å². The van der Waals surface area contributed by atoms with Crippen molar-refractivity contribution in [2.45, 2.75) is 128 Å². The van der Waals surface area contributed by atoms with Gasteiger partial charge in [-0.25, -0.2) is 0 Å². The minimum absolute atomic E-state index is 0.0972. The van der Waals surface area contributed by atoms with Crippen molar-refractivity contribution in [3.63, 3.8) is 0 Å². The Balaban J connectivity index is 1.69. The third-order valence-corrected chi connectivity index (χ3v) is 12.5. The second-order valence-electron chi connectivity index (χ2n) is 17.2. The summed E-state index contributed by atoms with van der Waals surface area (Å²) in [6.45, 7) is 10.6. The van der Waals surface area contributed by atoms with Crippen LogP contribution < -0.4 is 5.32 Å². The van der Waals surface area contributed by atoms with Crippen LogP contribution in [0.5, 0.6) is 0 Å². The number of anilines is 2. The van der Waals surface area contributed by atoms with Crippen molar-refractivity contribution < 1.29 is 53.8 Å². The molecule has 2 saturated heterocycles. The number of halogens is 2. The highest BCUT2D eigenvalue weighted by Gasteiger charge is 2.51. The van der Waals surface area contributed by atoms with Crippen molar-refractivity contribution in [3.8, 4) is 0 Å². The van der Waals surface area contributed by atoms with Gasteiger partial charge in [0.25, 0.3) is 0 Å². The highest BCUT2D eigenvalue weighted by molar-refractivity contribution is 6.39. The lowest BCUT2D eigenvalue weighted by molar-refractivity contribution is -0.296. The number of ketones is 1. The number of carbonyl (C=O) groups excluding carboxylic acids is 3. The molecule has 0 amide bonds. The van der Waals surface area contributed by atoms with Crippen LogP contribution >= 0.6 is 23.2 Å². The van der Waals surface area contributed by atoms with Gasteiger partial charge in [0.05, 0.1) is 52.6 Å². The molecule has 0 bridgehead atoms. The van der Waals surface area contributed by atoms with Gasteiger partial charge < -0.3 is 54.5 Å². The summed E-state index contributed by atoms with van der Waals surface area (Å²) in [7, 11) is 5.44. The third-order valence-electron chi connectivity index (χ3n) is 11.9. The smallest absolute Gasteiger partial charge is 0.316 e. The molecule has 0 saturated carbocycles. The predicted octanol–water partition coefficient (Wildman–Crippen LogP) is 4.61. The maximum absolute atomic E-state index is 14.2. The number of hydrogen-bond donors (Lipinski definition) is 5. The van der Waals surface area contributed by atoms with Gasteiger partial charge in [0, 0.05) is 24.2 Å². The van der Waals surface area contributed by atoms with Gasteiger partial charge in [-0.3, -0.25) is 14.4 Å². The Morgan fingerprint density at radius 1 is 1.02 bits per heavy atom. The number of carbonyl (C=O) groups is 3. The molecule has 13 atom stereocenters. The number of para-hydroxylation sites is 2. The van der Waals surface area contributed by atoms with E-state index in [2.05, 4.69) is 5.32 Å². The number of rotatable bonds is 9. The fraction of sp³-hybridized carbons (Fsp3) is 0.651. The van der Waals surface area contributed by atoms with E-state index in [9.17, 15) is 34.8 Å². The van der Waals surface area contributed by atoms with Crippen LogP contribution in [0.2, 0.25) is 10.0 Å². The van der Waals surface area contributed by atoms with Crippen molar-refractivity contribution in [3.05, 3.63) is 58.1 Å². The Morgan fingerprint density at radius 2 is 1.64 bits per heavy atom. The van der Waals surface area contributed by atoms with Crippen LogP contribution in [0, 0.1) is 17.8 Å². The Bertz CT molecular complexity index is 1740. The van der Waals surface area contributed by atoms with Gasteiger partial charge in [-0.05, 0) is 98.3 Å². The third kappa shape index (κ3) is 11.7. The molecule has 2 aromatic carbocycles. The molecule has 14 nitrogen and oxygen atoms in total. The number of cyclic esters (lactones) is 1.